The molecule has 1 saturated heterocycles. The first-order valence-corrected chi connectivity index (χ1v) is 12.2. The largest absolute Gasteiger partial charge is 0.506 e. The third kappa shape index (κ3) is 4.78. The second-order valence-corrected chi connectivity index (χ2v) is 10.3. The topological polar surface area (TPSA) is 129 Å². The number of hydrogen-bond donors (Lipinski definition) is 3. The van der Waals surface area contributed by atoms with Gasteiger partial charge in [-0.3, -0.25) is 4.98 Å². The minimum atomic E-state index is -5.01. The Morgan fingerprint density at radius 2 is 1.86 bits per heavy atom. The molecule has 0 unspecified atom stereocenters. The number of aromatic hydroxyl groups is 1. The van der Waals surface area contributed by atoms with Crippen LogP contribution < -0.4 is 5.32 Å². The average Bonchev–Trinajstić information content (AvgIpc) is 2.78. The number of nitrogens with zero attached hydrogens (tertiary/aromatic N) is 2. The Bertz CT molecular complexity index is 1430. The van der Waals surface area contributed by atoms with Gasteiger partial charge < -0.3 is 20.3 Å². The Hall–Kier alpha value is -2.94. The summed E-state index contributed by atoms with van der Waals surface area (Å²) in [5, 5.41) is 22.6. The molecule has 1 aliphatic heterocycles. The molecule has 0 radical (unpaired) electrons. The van der Waals surface area contributed by atoms with Gasteiger partial charge in [-0.25, -0.2) is 13.2 Å². The Morgan fingerprint density at radius 3 is 2.49 bits per heavy atom. The molecule has 1 aliphatic rings. The van der Waals surface area contributed by atoms with Crippen LogP contribution in [0.25, 0.3) is 10.9 Å². The second-order valence-electron chi connectivity index (χ2n) is 7.49. The zero-order valence-electron chi connectivity index (χ0n) is 17.6. The normalized spacial score (nSPS) is 15.3. The smallest absolute Gasteiger partial charge is 0.419 e. The number of pyridine rings is 1. The van der Waals surface area contributed by atoms with Crippen molar-refractivity contribution in [3.8, 4) is 5.75 Å². The Balaban J connectivity index is 1.95. The lowest BCUT2D eigenvalue weighted by atomic mass is 10.0. The van der Waals surface area contributed by atoms with Gasteiger partial charge >= 0.3 is 12.1 Å². The SMILES string of the molecule is O=C(O)c1c(Nc2c(S(=O)(=O)N3CCOCC3)cnc3ccc(Br)cc23)ccc(C(F)(F)F)c1O. The maximum Gasteiger partial charge on any atom is 0.419 e. The number of carboxylic acids is 1. The van der Waals surface area contributed by atoms with Gasteiger partial charge in [0.2, 0.25) is 10.0 Å². The number of halogens is 4. The Labute approximate surface area is 205 Å². The molecule has 0 spiro atoms. The molecule has 1 fully saturated rings. The lowest BCUT2D eigenvalue weighted by Crippen LogP contribution is -2.40. The molecule has 2 heterocycles. The quantitative estimate of drug-likeness (QED) is 0.413. The third-order valence-corrected chi connectivity index (χ3v) is 7.74. The summed E-state index contributed by atoms with van der Waals surface area (Å²) >= 11 is 3.29. The summed E-state index contributed by atoms with van der Waals surface area (Å²) in [6.07, 6.45) is -3.92. The fourth-order valence-electron chi connectivity index (χ4n) is 3.67. The van der Waals surface area contributed by atoms with Crippen molar-refractivity contribution in [2.45, 2.75) is 11.1 Å². The van der Waals surface area contributed by atoms with Gasteiger partial charge in [-0.2, -0.15) is 17.5 Å². The fourth-order valence-corrected chi connectivity index (χ4v) is 5.55. The van der Waals surface area contributed by atoms with Crippen LogP contribution in [0.2, 0.25) is 0 Å². The van der Waals surface area contributed by atoms with E-state index in [0.717, 1.165) is 12.3 Å². The highest BCUT2D eigenvalue weighted by Gasteiger charge is 2.37. The number of aromatic carboxylic acids is 1. The molecule has 186 valence electrons. The first kappa shape index (κ1) is 25.2. The van der Waals surface area contributed by atoms with Crippen LogP contribution in [-0.2, 0) is 20.9 Å². The number of phenols is 1. The van der Waals surface area contributed by atoms with Crippen LogP contribution in [-0.4, -0.2) is 60.2 Å². The highest BCUT2D eigenvalue weighted by molar-refractivity contribution is 9.10. The predicted molar refractivity (Wildman–Crippen MR) is 122 cm³/mol. The van der Waals surface area contributed by atoms with Gasteiger partial charge in [0, 0.05) is 29.1 Å². The number of aromatic nitrogens is 1. The first-order chi connectivity index (χ1) is 16.4. The van der Waals surface area contributed by atoms with Crippen LogP contribution in [0.5, 0.6) is 5.75 Å². The van der Waals surface area contributed by atoms with Gasteiger partial charge in [0.05, 0.1) is 35.7 Å². The van der Waals surface area contributed by atoms with Crippen molar-refractivity contribution >= 4 is 54.2 Å². The lowest BCUT2D eigenvalue weighted by Gasteiger charge is -2.27. The Morgan fingerprint density at radius 1 is 1.17 bits per heavy atom. The number of alkyl halides is 3. The van der Waals surface area contributed by atoms with Crippen molar-refractivity contribution in [1.82, 2.24) is 9.29 Å². The first-order valence-electron chi connectivity index (χ1n) is 10.0. The fraction of sp³-hybridized carbons (Fsp3) is 0.238. The predicted octanol–water partition coefficient (Wildman–Crippen LogP) is 4.18. The summed E-state index contributed by atoms with van der Waals surface area (Å²) in [6.45, 7) is 0.481. The molecule has 1 aromatic heterocycles. The maximum absolute atomic E-state index is 13.5. The summed E-state index contributed by atoms with van der Waals surface area (Å²) in [6, 6.07) is 6.11. The minimum Gasteiger partial charge on any atom is -0.506 e. The molecule has 0 bridgehead atoms. The number of fused-ring (bicyclic) bond motifs is 1. The van der Waals surface area contributed by atoms with Crippen LogP contribution in [0.1, 0.15) is 15.9 Å². The zero-order valence-corrected chi connectivity index (χ0v) is 20.0. The molecule has 0 atom stereocenters. The van der Waals surface area contributed by atoms with Crippen molar-refractivity contribution in [2.24, 2.45) is 0 Å². The summed E-state index contributed by atoms with van der Waals surface area (Å²) in [7, 11) is -4.17. The standard InChI is InChI=1S/C21H17BrF3N3O6S/c22-11-1-3-14-12(9-11)18(16(10-26-14)35(32,33)28-5-7-34-8-6-28)27-15-4-2-13(21(23,24)25)19(29)17(15)20(30)31/h1-4,9-10,29H,5-8H2,(H,26,27)(H,30,31). The maximum atomic E-state index is 13.5. The number of ether oxygens (including phenoxy) is 1. The highest BCUT2D eigenvalue weighted by atomic mass is 79.9. The zero-order chi connectivity index (χ0) is 25.5. The monoisotopic (exact) mass is 575 g/mol. The third-order valence-electron chi connectivity index (χ3n) is 5.34. The molecule has 0 aliphatic carbocycles. The molecule has 35 heavy (non-hydrogen) atoms. The van der Waals surface area contributed by atoms with E-state index in [1.807, 2.05) is 0 Å². The molecule has 0 amide bonds. The summed E-state index contributed by atoms with van der Waals surface area (Å²) < 4.78 is 73.6. The van der Waals surface area contributed by atoms with E-state index in [9.17, 15) is 36.6 Å². The van der Waals surface area contributed by atoms with Crippen LogP contribution >= 0.6 is 15.9 Å². The van der Waals surface area contributed by atoms with E-state index in [2.05, 4.69) is 26.2 Å². The molecular weight excluding hydrogens is 559 g/mol. The van der Waals surface area contributed by atoms with E-state index in [1.165, 1.54) is 10.4 Å². The van der Waals surface area contributed by atoms with Crippen LogP contribution in [0.3, 0.4) is 0 Å². The van der Waals surface area contributed by atoms with Gasteiger partial charge in [-0.05, 0) is 30.3 Å². The molecule has 2 aromatic carbocycles. The number of carbonyl (C=O) groups is 1. The van der Waals surface area contributed by atoms with Crippen molar-refractivity contribution in [3.05, 3.63) is 52.1 Å². The van der Waals surface area contributed by atoms with Crippen molar-refractivity contribution in [3.63, 3.8) is 0 Å². The van der Waals surface area contributed by atoms with Crippen molar-refractivity contribution in [2.75, 3.05) is 31.6 Å². The van der Waals surface area contributed by atoms with Crippen LogP contribution in [0, 0.1) is 0 Å². The van der Waals surface area contributed by atoms with Gasteiger partial charge in [0.1, 0.15) is 16.2 Å². The van der Waals surface area contributed by atoms with Gasteiger partial charge in [-0.1, -0.05) is 15.9 Å². The van der Waals surface area contributed by atoms with E-state index in [0.29, 0.717) is 16.1 Å². The summed E-state index contributed by atoms with van der Waals surface area (Å²) in [4.78, 5) is 15.7. The van der Waals surface area contributed by atoms with Crippen LogP contribution in [0.4, 0.5) is 24.5 Å². The molecule has 0 saturated carbocycles. The average molecular weight is 576 g/mol. The highest BCUT2D eigenvalue weighted by Crippen LogP contribution is 2.42. The summed E-state index contributed by atoms with van der Waals surface area (Å²) in [5.74, 6) is -3.33. The number of morpholine rings is 1. The Kier molecular flexibility index (Phi) is 6.66. The number of hydrogen-bond acceptors (Lipinski definition) is 7. The molecule has 4 rings (SSSR count). The number of anilines is 2. The van der Waals surface area contributed by atoms with E-state index in [-0.39, 0.29) is 42.3 Å². The van der Waals surface area contributed by atoms with Gasteiger partial charge in [0.25, 0.3) is 0 Å². The molecular formula is C21H17BrF3N3O6S. The van der Waals surface area contributed by atoms with E-state index in [4.69, 9.17) is 4.74 Å². The number of nitrogens with one attached hydrogen (secondary N) is 1. The summed E-state index contributed by atoms with van der Waals surface area (Å²) in [5.41, 5.74) is -2.80. The van der Waals surface area contributed by atoms with Crippen molar-refractivity contribution < 1.29 is 41.3 Å². The lowest BCUT2D eigenvalue weighted by molar-refractivity contribution is -0.138. The number of benzene rings is 2. The van der Waals surface area contributed by atoms with E-state index >= 15 is 0 Å². The molecule has 9 nitrogen and oxygen atoms in total. The van der Waals surface area contributed by atoms with Crippen LogP contribution in [0.15, 0.2) is 45.9 Å². The van der Waals surface area contributed by atoms with E-state index < -0.39 is 44.7 Å². The second kappa shape index (κ2) is 9.26. The number of carboxylic acid groups (broad SMARTS) is 1. The van der Waals surface area contributed by atoms with E-state index in [1.54, 1.807) is 12.1 Å². The minimum absolute atomic E-state index is 0.0692. The van der Waals surface area contributed by atoms with Gasteiger partial charge in [0.15, 0.2) is 0 Å². The number of rotatable bonds is 5. The number of sulfonamides is 1. The van der Waals surface area contributed by atoms with Crippen molar-refractivity contribution in [1.29, 1.82) is 0 Å². The molecule has 14 heteroatoms. The molecule has 3 N–H and O–H groups in total. The molecule has 3 aromatic rings. The van der Waals surface area contributed by atoms with Gasteiger partial charge in [-0.15, -0.1) is 0 Å².